The van der Waals surface area contributed by atoms with Gasteiger partial charge in [0.15, 0.2) is 0 Å². The van der Waals surface area contributed by atoms with E-state index in [0.29, 0.717) is 22.9 Å². The highest BCUT2D eigenvalue weighted by atomic mass is 16.3. The zero-order valence-corrected chi connectivity index (χ0v) is 13.3. The molecule has 112 valence electrons. The van der Waals surface area contributed by atoms with Gasteiger partial charge < -0.3 is 10.4 Å². The lowest BCUT2D eigenvalue weighted by Crippen LogP contribution is -2.50. The van der Waals surface area contributed by atoms with Crippen LogP contribution in [0.15, 0.2) is 0 Å². The molecule has 0 aromatic carbocycles. The fourth-order valence-electron chi connectivity index (χ4n) is 4.75. The third-order valence-corrected chi connectivity index (χ3v) is 4.98. The zero-order chi connectivity index (χ0) is 14.1. The monoisotopic (exact) mass is 267 g/mol. The smallest absolute Gasteiger partial charge is 0.0693 e. The van der Waals surface area contributed by atoms with Gasteiger partial charge in [-0.1, -0.05) is 47.0 Å². The summed E-state index contributed by atoms with van der Waals surface area (Å²) in [6.07, 6.45) is 9.57. The molecule has 2 unspecified atom stereocenters. The molecule has 2 heteroatoms. The lowest BCUT2D eigenvalue weighted by atomic mass is 9.63. The van der Waals surface area contributed by atoms with Crippen molar-refractivity contribution in [3.8, 4) is 0 Å². The molecule has 0 amide bonds. The maximum Gasteiger partial charge on any atom is 0.0693 e. The lowest BCUT2D eigenvalue weighted by molar-refractivity contribution is 0.0572. The molecule has 2 rings (SSSR count). The Morgan fingerprint density at radius 3 is 2.11 bits per heavy atom. The second kappa shape index (κ2) is 5.73. The molecule has 0 bridgehead atoms. The zero-order valence-electron chi connectivity index (χ0n) is 13.3. The van der Waals surface area contributed by atoms with Gasteiger partial charge in [0, 0.05) is 12.1 Å². The first kappa shape index (κ1) is 15.3. The molecule has 0 aromatic heterocycles. The van der Waals surface area contributed by atoms with Crippen LogP contribution in [-0.4, -0.2) is 23.3 Å². The highest BCUT2D eigenvalue weighted by molar-refractivity contribution is 4.94. The van der Waals surface area contributed by atoms with Crippen molar-refractivity contribution in [2.24, 2.45) is 10.8 Å². The van der Waals surface area contributed by atoms with Crippen molar-refractivity contribution >= 4 is 0 Å². The van der Waals surface area contributed by atoms with Crippen LogP contribution in [0, 0.1) is 10.8 Å². The van der Waals surface area contributed by atoms with E-state index >= 15 is 0 Å². The SMILES string of the molecule is CC1(C)CC(NC2CCCCCC2O)CC(C)(C)C1. The second-order valence-corrected chi connectivity index (χ2v) is 8.59. The predicted octanol–water partition coefficient (Wildman–Crippen LogP) is 3.87. The van der Waals surface area contributed by atoms with E-state index in [0.717, 1.165) is 12.8 Å². The van der Waals surface area contributed by atoms with Gasteiger partial charge in [-0.05, 0) is 42.9 Å². The van der Waals surface area contributed by atoms with Crippen LogP contribution in [0.5, 0.6) is 0 Å². The normalized spacial score (nSPS) is 35.8. The molecule has 0 heterocycles. The van der Waals surface area contributed by atoms with Gasteiger partial charge in [0.25, 0.3) is 0 Å². The van der Waals surface area contributed by atoms with E-state index in [1.54, 1.807) is 0 Å². The minimum atomic E-state index is -0.129. The maximum absolute atomic E-state index is 10.3. The number of nitrogens with one attached hydrogen (secondary N) is 1. The predicted molar refractivity (Wildman–Crippen MR) is 81.2 cm³/mol. The number of hydrogen-bond donors (Lipinski definition) is 2. The van der Waals surface area contributed by atoms with E-state index in [9.17, 15) is 5.11 Å². The van der Waals surface area contributed by atoms with Crippen molar-refractivity contribution in [3.05, 3.63) is 0 Å². The van der Waals surface area contributed by atoms with Crippen LogP contribution in [0.3, 0.4) is 0 Å². The van der Waals surface area contributed by atoms with Crippen molar-refractivity contribution in [2.75, 3.05) is 0 Å². The molecular weight excluding hydrogens is 234 g/mol. The van der Waals surface area contributed by atoms with E-state index < -0.39 is 0 Å². The Kier molecular flexibility index (Phi) is 4.62. The minimum absolute atomic E-state index is 0.129. The van der Waals surface area contributed by atoms with Gasteiger partial charge in [0.1, 0.15) is 0 Å². The summed E-state index contributed by atoms with van der Waals surface area (Å²) in [4.78, 5) is 0. The average Bonchev–Trinajstić information content (AvgIpc) is 2.39. The van der Waals surface area contributed by atoms with Gasteiger partial charge in [-0.3, -0.25) is 0 Å². The van der Waals surface area contributed by atoms with Crippen LogP contribution in [-0.2, 0) is 0 Å². The number of aliphatic hydroxyl groups is 1. The average molecular weight is 267 g/mol. The summed E-state index contributed by atoms with van der Waals surface area (Å²) in [6.45, 7) is 9.58. The van der Waals surface area contributed by atoms with Crippen molar-refractivity contribution in [2.45, 2.75) is 97.2 Å². The Morgan fingerprint density at radius 1 is 0.895 bits per heavy atom. The molecule has 0 radical (unpaired) electrons. The van der Waals surface area contributed by atoms with Crippen LogP contribution in [0.1, 0.15) is 79.1 Å². The third-order valence-electron chi connectivity index (χ3n) is 4.98. The molecule has 2 aliphatic rings. The van der Waals surface area contributed by atoms with E-state index in [1.165, 1.54) is 38.5 Å². The van der Waals surface area contributed by atoms with Crippen LogP contribution in [0.2, 0.25) is 0 Å². The Balaban J connectivity index is 1.97. The first-order chi connectivity index (χ1) is 8.77. The van der Waals surface area contributed by atoms with Crippen molar-refractivity contribution in [1.29, 1.82) is 0 Å². The highest BCUT2D eigenvalue weighted by Gasteiger charge is 2.39. The maximum atomic E-state index is 10.3. The summed E-state index contributed by atoms with van der Waals surface area (Å²) in [5.74, 6) is 0. The summed E-state index contributed by atoms with van der Waals surface area (Å²) in [6, 6.07) is 0.911. The Labute approximate surface area is 119 Å². The summed E-state index contributed by atoms with van der Waals surface area (Å²) >= 11 is 0. The Bertz CT molecular complexity index is 282. The van der Waals surface area contributed by atoms with Gasteiger partial charge in [-0.15, -0.1) is 0 Å². The fourth-order valence-corrected chi connectivity index (χ4v) is 4.75. The van der Waals surface area contributed by atoms with Crippen molar-refractivity contribution in [1.82, 2.24) is 5.32 Å². The van der Waals surface area contributed by atoms with E-state index in [-0.39, 0.29) is 6.10 Å². The van der Waals surface area contributed by atoms with E-state index in [4.69, 9.17) is 0 Å². The molecule has 19 heavy (non-hydrogen) atoms. The number of aliphatic hydroxyl groups excluding tert-OH is 1. The van der Waals surface area contributed by atoms with Crippen LogP contribution in [0.4, 0.5) is 0 Å². The summed E-state index contributed by atoms with van der Waals surface area (Å²) < 4.78 is 0. The van der Waals surface area contributed by atoms with E-state index in [1.807, 2.05) is 0 Å². The quantitative estimate of drug-likeness (QED) is 0.744. The molecule has 2 aliphatic carbocycles. The molecule has 2 atom stereocenters. The van der Waals surface area contributed by atoms with Crippen LogP contribution >= 0.6 is 0 Å². The van der Waals surface area contributed by atoms with Crippen LogP contribution in [0.25, 0.3) is 0 Å². The van der Waals surface area contributed by atoms with Gasteiger partial charge in [-0.2, -0.15) is 0 Å². The van der Waals surface area contributed by atoms with E-state index in [2.05, 4.69) is 33.0 Å². The summed E-state index contributed by atoms with van der Waals surface area (Å²) in [7, 11) is 0. The summed E-state index contributed by atoms with van der Waals surface area (Å²) in [5, 5.41) is 14.1. The molecule has 0 aromatic rings. The van der Waals surface area contributed by atoms with Gasteiger partial charge >= 0.3 is 0 Å². The third kappa shape index (κ3) is 4.46. The van der Waals surface area contributed by atoms with Gasteiger partial charge in [0.2, 0.25) is 0 Å². The molecule has 0 aliphatic heterocycles. The molecule has 2 fully saturated rings. The minimum Gasteiger partial charge on any atom is -0.392 e. The second-order valence-electron chi connectivity index (χ2n) is 8.59. The van der Waals surface area contributed by atoms with Crippen LogP contribution < -0.4 is 5.32 Å². The highest BCUT2D eigenvalue weighted by Crippen LogP contribution is 2.45. The fraction of sp³-hybridized carbons (Fsp3) is 1.00. The first-order valence-electron chi connectivity index (χ1n) is 8.22. The topological polar surface area (TPSA) is 32.3 Å². The first-order valence-corrected chi connectivity index (χ1v) is 8.22. The Hall–Kier alpha value is -0.0800. The molecule has 2 N–H and O–H groups in total. The number of hydrogen-bond acceptors (Lipinski definition) is 2. The lowest BCUT2D eigenvalue weighted by Gasteiger charge is -2.46. The summed E-state index contributed by atoms with van der Waals surface area (Å²) in [5.41, 5.74) is 0.851. The standard InChI is InChI=1S/C17H33NO/c1-16(2)10-13(11-17(3,4)12-16)18-14-8-6-5-7-9-15(14)19/h13-15,18-19H,5-12H2,1-4H3. The molecule has 0 saturated heterocycles. The van der Waals surface area contributed by atoms with Crippen molar-refractivity contribution in [3.63, 3.8) is 0 Å². The van der Waals surface area contributed by atoms with Crippen molar-refractivity contribution < 1.29 is 5.11 Å². The molecule has 0 spiro atoms. The Morgan fingerprint density at radius 2 is 1.47 bits per heavy atom. The largest absolute Gasteiger partial charge is 0.392 e. The number of rotatable bonds is 2. The van der Waals surface area contributed by atoms with Gasteiger partial charge in [0.05, 0.1) is 6.10 Å². The molecule has 2 saturated carbocycles. The molecular formula is C17H33NO. The van der Waals surface area contributed by atoms with Gasteiger partial charge in [-0.25, -0.2) is 0 Å². The molecule has 2 nitrogen and oxygen atoms in total.